The molecule has 4 rings (SSSR count). The number of nitrogens with zero attached hydrogens (tertiary/aromatic N) is 1. The van der Waals surface area contributed by atoms with Crippen LogP contribution in [0.15, 0.2) is 28.7 Å². The number of carbonyl (C=O) groups excluding carboxylic acids is 1. The van der Waals surface area contributed by atoms with Crippen molar-refractivity contribution < 1.29 is 14.3 Å². The minimum atomic E-state index is -0.432. The molecule has 1 aromatic rings. The van der Waals surface area contributed by atoms with Gasteiger partial charge in [0.1, 0.15) is 6.04 Å². The van der Waals surface area contributed by atoms with Gasteiger partial charge in [0.2, 0.25) is 5.91 Å². The molecule has 2 unspecified atom stereocenters. The smallest absolute Gasteiger partial charge is 0.241 e. The molecule has 1 aromatic carbocycles. The molecular weight excluding hydrogens is 374 g/mol. The second kappa shape index (κ2) is 6.72. The molecule has 3 saturated heterocycles. The number of carbonyl (C=O) groups is 1. The maximum atomic E-state index is 12.8. The van der Waals surface area contributed by atoms with Gasteiger partial charge in [-0.15, -0.1) is 0 Å². The minimum absolute atomic E-state index is 0.157. The summed E-state index contributed by atoms with van der Waals surface area (Å²) in [6.07, 6.45) is 2.28. The Balaban J connectivity index is 1.33. The molecule has 3 aliphatic rings. The van der Waals surface area contributed by atoms with Crippen LogP contribution in [0, 0.1) is 0 Å². The van der Waals surface area contributed by atoms with Gasteiger partial charge < -0.3 is 14.4 Å². The van der Waals surface area contributed by atoms with Crippen molar-refractivity contribution in [1.29, 1.82) is 0 Å². The van der Waals surface area contributed by atoms with E-state index < -0.39 is 5.79 Å². The minimum Gasteiger partial charge on any atom is -0.347 e. The fourth-order valence-electron chi connectivity index (χ4n) is 3.71. The summed E-state index contributed by atoms with van der Waals surface area (Å²) in [5.41, 5.74) is 7.60. The molecule has 2 atom stereocenters. The third-order valence-electron chi connectivity index (χ3n) is 5.12. The predicted octanol–water partition coefficient (Wildman–Crippen LogP) is 1.72. The molecule has 0 aromatic heterocycles. The monoisotopic (exact) mass is 395 g/mol. The van der Waals surface area contributed by atoms with E-state index in [1.54, 1.807) is 0 Å². The number of nitrogens with one attached hydrogen (secondary N) is 2. The van der Waals surface area contributed by atoms with Gasteiger partial charge in [0.15, 0.2) is 5.79 Å². The van der Waals surface area contributed by atoms with E-state index in [0.29, 0.717) is 26.3 Å². The average Bonchev–Trinajstić information content (AvgIpc) is 3.26. The first-order valence-corrected chi connectivity index (χ1v) is 9.28. The zero-order valence-electron chi connectivity index (χ0n) is 13.5. The van der Waals surface area contributed by atoms with Gasteiger partial charge in [-0.3, -0.25) is 4.79 Å². The molecule has 2 N–H and O–H groups in total. The van der Waals surface area contributed by atoms with Crippen molar-refractivity contribution in [3.63, 3.8) is 0 Å². The lowest BCUT2D eigenvalue weighted by atomic mass is 9.99. The average molecular weight is 396 g/mol. The topological polar surface area (TPSA) is 62.8 Å². The Kier molecular flexibility index (Phi) is 4.62. The SMILES string of the molecule is O=C(C1CC(c2ccc(Br)cc2)NN1)N1CCC2(CC1)OCCO2. The molecule has 0 bridgehead atoms. The standard InChI is InChI=1S/C17H22BrN3O3/c18-13-3-1-12(2-4-13)14-11-15(20-19-14)16(22)21-7-5-17(6-8-21)23-9-10-24-17/h1-4,14-15,19-20H,5-11H2. The Labute approximate surface area is 150 Å². The number of benzene rings is 1. The molecule has 3 aliphatic heterocycles. The van der Waals surface area contributed by atoms with Crippen molar-refractivity contribution in [3.05, 3.63) is 34.3 Å². The highest BCUT2D eigenvalue weighted by Crippen LogP contribution is 2.32. The summed E-state index contributed by atoms with van der Waals surface area (Å²) in [4.78, 5) is 14.7. The Bertz CT molecular complexity index is 594. The normalized spacial score (nSPS) is 29.3. The molecule has 0 radical (unpaired) electrons. The van der Waals surface area contributed by atoms with E-state index in [1.807, 2.05) is 17.0 Å². The van der Waals surface area contributed by atoms with Gasteiger partial charge in [0, 0.05) is 36.4 Å². The van der Waals surface area contributed by atoms with Gasteiger partial charge in [-0.25, -0.2) is 10.9 Å². The molecule has 3 heterocycles. The van der Waals surface area contributed by atoms with Crippen LogP contribution >= 0.6 is 15.9 Å². The molecule has 1 amide bonds. The highest BCUT2D eigenvalue weighted by Gasteiger charge is 2.42. The zero-order valence-corrected chi connectivity index (χ0v) is 15.0. The van der Waals surface area contributed by atoms with Crippen molar-refractivity contribution in [2.75, 3.05) is 26.3 Å². The summed E-state index contributed by atoms with van der Waals surface area (Å²) >= 11 is 3.45. The highest BCUT2D eigenvalue weighted by atomic mass is 79.9. The predicted molar refractivity (Wildman–Crippen MR) is 92.0 cm³/mol. The van der Waals surface area contributed by atoms with Crippen LogP contribution in [0.1, 0.15) is 30.9 Å². The Morgan fingerprint density at radius 1 is 1.12 bits per heavy atom. The van der Waals surface area contributed by atoms with Crippen LogP contribution in [0.4, 0.5) is 0 Å². The van der Waals surface area contributed by atoms with E-state index in [0.717, 1.165) is 23.7 Å². The maximum Gasteiger partial charge on any atom is 0.241 e. The van der Waals surface area contributed by atoms with E-state index >= 15 is 0 Å². The van der Waals surface area contributed by atoms with Gasteiger partial charge in [-0.1, -0.05) is 28.1 Å². The summed E-state index contributed by atoms with van der Waals surface area (Å²) in [6, 6.07) is 8.18. The van der Waals surface area contributed by atoms with Crippen LogP contribution in [0.3, 0.4) is 0 Å². The summed E-state index contributed by atoms with van der Waals surface area (Å²) < 4.78 is 12.5. The second-order valence-electron chi connectivity index (χ2n) is 6.61. The molecule has 0 saturated carbocycles. The highest BCUT2D eigenvalue weighted by molar-refractivity contribution is 9.10. The van der Waals surface area contributed by atoms with Crippen molar-refractivity contribution in [2.45, 2.75) is 37.1 Å². The number of ether oxygens (including phenoxy) is 2. The number of amides is 1. The summed E-state index contributed by atoms with van der Waals surface area (Å²) in [5.74, 6) is -0.270. The zero-order chi connectivity index (χ0) is 16.6. The maximum absolute atomic E-state index is 12.8. The Morgan fingerprint density at radius 3 is 2.46 bits per heavy atom. The Hall–Kier alpha value is -0.990. The fourth-order valence-corrected chi connectivity index (χ4v) is 3.97. The van der Waals surface area contributed by atoms with E-state index in [1.165, 1.54) is 5.56 Å². The van der Waals surface area contributed by atoms with Crippen LogP contribution in [0.25, 0.3) is 0 Å². The van der Waals surface area contributed by atoms with E-state index in [2.05, 4.69) is 38.9 Å². The van der Waals surface area contributed by atoms with Gasteiger partial charge >= 0.3 is 0 Å². The van der Waals surface area contributed by atoms with E-state index in [-0.39, 0.29) is 18.0 Å². The summed E-state index contributed by atoms with van der Waals surface area (Å²) in [7, 11) is 0. The number of halogens is 1. The van der Waals surface area contributed by atoms with E-state index in [9.17, 15) is 4.79 Å². The lowest BCUT2D eigenvalue weighted by Gasteiger charge is -2.38. The number of likely N-dealkylation sites (tertiary alicyclic amines) is 1. The largest absolute Gasteiger partial charge is 0.347 e. The molecule has 0 aliphatic carbocycles. The van der Waals surface area contributed by atoms with Crippen LogP contribution in [-0.2, 0) is 14.3 Å². The molecule has 6 nitrogen and oxygen atoms in total. The Morgan fingerprint density at radius 2 is 1.79 bits per heavy atom. The van der Waals surface area contributed by atoms with Crippen molar-refractivity contribution in [1.82, 2.24) is 15.8 Å². The quantitative estimate of drug-likeness (QED) is 0.798. The first-order chi connectivity index (χ1) is 11.7. The van der Waals surface area contributed by atoms with Crippen LogP contribution in [0.5, 0.6) is 0 Å². The third-order valence-corrected chi connectivity index (χ3v) is 5.65. The summed E-state index contributed by atoms with van der Waals surface area (Å²) in [5, 5.41) is 0. The fraction of sp³-hybridized carbons (Fsp3) is 0.588. The third kappa shape index (κ3) is 3.23. The molecule has 130 valence electrons. The lowest BCUT2D eigenvalue weighted by Crippen LogP contribution is -2.52. The molecular formula is C17H22BrN3O3. The molecule has 1 spiro atoms. The van der Waals surface area contributed by atoms with Gasteiger partial charge in [-0.05, 0) is 24.1 Å². The summed E-state index contributed by atoms with van der Waals surface area (Å²) in [6.45, 7) is 2.72. The van der Waals surface area contributed by atoms with Crippen LogP contribution < -0.4 is 10.9 Å². The second-order valence-corrected chi connectivity index (χ2v) is 7.53. The molecule has 24 heavy (non-hydrogen) atoms. The molecule has 7 heteroatoms. The molecule has 3 fully saturated rings. The van der Waals surface area contributed by atoms with Gasteiger partial charge in [0.05, 0.1) is 13.2 Å². The van der Waals surface area contributed by atoms with Crippen LogP contribution in [0.2, 0.25) is 0 Å². The first-order valence-electron chi connectivity index (χ1n) is 8.48. The number of hydrogen-bond donors (Lipinski definition) is 2. The van der Waals surface area contributed by atoms with Crippen LogP contribution in [-0.4, -0.2) is 48.9 Å². The lowest BCUT2D eigenvalue weighted by molar-refractivity contribution is -0.187. The first kappa shape index (κ1) is 16.5. The van der Waals surface area contributed by atoms with Crippen molar-refractivity contribution in [3.8, 4) is 0 Å². The number of piperidine rings is 1. The number of hydrogen-bond acceptors (Lipinski definition) is 5. The van der Waals surface area contributed by atoms with E-state index in [4.69, 9.17) is 9.47 Å². The van der Waals surface area contributed by atoms with Crippen molar-refractivity contribution in [2.24, 2.45) is 0 Å². The number of rotatable bonds is 2. The van der Waals surface area contributed by atoms with Crippen molar-refractivity contribution >= 4 is 21.8 Å². The number of hydrazine groups is 1. The van der Waals surface area contributed by atoms with Gasteiger partial charge in [-0.2, -0.15) is 0 Å². The van der Waals surface area contributed by atoms with Gasteiger partial charge in [0.25, 0.3) is 0 Å².